The fourth-order valence-corrected chi connectivity index (χ4v) is 4.51. The van der Waals surface area contributed by atoms with Gasteiger partial charge in [-0.15, -0.1) is 61.9 Å². The van der Waals surface area contributed by atoms with E-state index in [-0.39, 0.29) is 57.3 Å². The fourth-order valence-electron chi connectivity index (χ4n) is 2.32. The van der Waals surface area contributed by atoms with E-state index in [1.54, 1.807) is 0 Å². The maximum absolute atomic E-state index is 12.8. The molecule has 1 aromatic rings. The first kappa shape index (κ1) is 33.4. The molecule has 15 nitrogen and oxygen atoms in total. The summed E-state index contributed by atoms with van der Waals surface area (Å²) >= 11 is 16.3. The third kappa shape index (κ3) is 12.3. The van der Waals surface area contributed by atoms with E-state index in [1.165, 1.54) is 0 Å². The van der Waals surface area contributed by atoms with Crippen molar-refractivity contribution in [3.63, 3.8) is 0 Å². The Kier molecular flexibility index (Phi) is 18.0. The zero-order chi connectivity index (χ0) is 26.9. The number of rotatable bonds is 21. The zero-order valence-electron chi connectivity index (χ0n) is 18.7. The monoisotopic (exact) mass is 636 g/mol. The molecule has 0 N–H and O–H groups in total. The minimum absolute atomic E-state index is 0.0396. The molecule has 1 aromatic heterocycles. The smallest absolute Gasteiger partial charge is 0.247 e. The van der Waals surface area contributed by atoms with Crippen LogP contribution in [0.2, 0.25) is 0 Å². The van der Waals surface area contributed by atoms with Gasteiger partial charge < -0.3 is 0 Å². The number of halogens is 3. The molecule has 36 heavy (non-hydrogen) atoms. The van der Waals surface area contributed by atoms with Crippen LogP contribution in [-0.2, 0) is 60.5 Å². The molecule has 0 saturated carbocycles. The maximum atomic E-state index is 12.8. The summed E-state index contributed by atoms with van der Waals surface area (Å²) in [5.74, 6) is 0.234. The molecule has 1 rings (SSSR count). The number of hydrogen-bond acceptors (Lipinski definition) is 12. The molecule has 0 spiro atoms. The van der Waals surface area contributed by atoms with Crippen molar-refractivity contribution in [1.82, 2.24) is 13.7 Å². The predicted octanol–water partition coefficient (Wildman–Crippen LogP) is 1.96. The van der Waals surface area contributed by atoms with E-state index in [4.69, 9.17) is 61.9 Å². The summed E-state index contributed by atoms with van der Waals surface area (Å²) in [6.45, 7) is -2.45. The van der Waals surface area contributed by atoms with Crippen LogP contribution < -0.4 is 17.1 Å². The van der Waals surface area contributed by atoms with Gasteiger partial charge in [-0.05, 0) is 0 Å². The number of hydrogen-bond donors (Lipinski definition) is 0. The second kappa shape index (κ2) is 19.4. The summed E-state index contributed by atoms with van der Waals surface area (Å²) < 4.78 is 65.8. The molecule has 0 aliphatic heterocycles. The lowest BCUT2D eigenvalue weighted by Gasteiger charge is -2.11. The molecule has 3 atom stereocenters. The van der Waals surface area contributed by atoms with Crippen LogP contribution in [0.5, 0.6) is 0 Å². The van der Waals surface area contributed by atoms with Gasteiger partial charge >= 0.3 is 41.8 Å². The van der Waals surface area contributed by atoms with Crippen LogP contribution in [-0.4, -0.2) is 71.0 Å². The minimum atomic E-state index is -2.55. The Morgan fingerprint density at radius 3 is 0.917 bits per heavy atom. The van der Waals surface area contributed by atoms with E-state index >= 15 is 0 Å². The Labute approximate surface area is 222 Å². The van der Waals surface area contributed by atoms with Crippen molar-refractivity contribution in [3.8, 4) is 0 Å². The van der Waals surface area contributed by atoms with Gasteiger partial charge in [-0.3, -0.25) is 0 Å². The molecule has 0 radical (unpaired) electrons. The minimum Gasteiger partial charge on any atom is -0.247 e. The van der Waals surface area contributed by atoms with Crippen LogP contribution in [0.15, 0.2) is 14.4 Å². The molecule has 0 aliphatic carbocycles. The second-order valence-electron chi connectivity index (χ2n) is 6.04. The summed E-state index contributed by atoms with van der Waals surface area (Å²) in [5.41, 5.74) is -3.08. The van der Waals surface area contributed by atoms with Crippen molar-refractivity contribution >= 4 is 59.6 Å². The number of nitrogens with zero attached hydrogens (tertiary/aromatic N) is 3. The molecular weight excluding hydrogens is 613 g/mol. The van der Waals surface area contributed by atoms with Gasteiger partial charge in [0.1, 0.15) is 39.6 Å². The Morgan fingerprint density at radius 2 is 0.694 bits per heavy atom. The average Bonchev–Trinajstić information content (AvgIpc) is 2.86. The first-order chi connectivity index (χ1) is 17.3. The molecule has 1 heterocycles. The Balaban J connectivity index is 3.07. The molecule has 3 unspecified atom stereocenters. The standard InChI is InChI=1S/C15H24Cl3N3O12P3/c16-1-7-28-34(25)31-10-4-19-13(22)20(5-11-32-35(26)29-8-2-17)15(24)21(14(19)23)6-12-33-36(27)30-9-3-18/h1-12H2/q+3. The lowest BCUT2D eigenvalue weighted by atomic mass is 10.6. The van der Waals surface area contributed by atoms with Gasteiger partial charge in [-0.1, -0.05) is 0 Å². The van der Waals surface area contributed by atoms with E-state index < -0.39 is 61.5 Å². The van der Waals surface area contributed by atoms with Gasteiger partial charge in [0, 0.05) is 13.7 Å². The van der Waals surface area contributed by atoms with Gasteiger partial charge in [0.25, 0.3) is 0 Å². The van der Waals surface area contributed by atoms with E-state index in [1.807, 2.05) is 0 Å². The Bertz CT molecular complexity index is 892. The summed E-state index contributed by atoms with van der Waals surface area (Å²) in [7, 11) is -7.64. The maximum Gasteiger partial charge on any atom is 0.697 e. The fraction of sp³-hybridized carbons (Fsp3) is 0.800. The van der Waals surface area contributed by atoms with Crippen molar-refractivity contribution < 1.29 is 40.8 Å². The van der Waals surface area contributed by atoms with Crippen LogP contribution in [0.25, 0.3) is 0 Å². The van der Waals surface area contributed by atoms with Crippen molar-refractivity contribution in [2.75, 3.05) is 57.3 Å². The van der Waals surface area contributed by atoms with E-state index in [0.29, 0.717) is 13.7 Å². The molecule has 0 bridgehead atoms. The molecule has 21 heteroatoms. The van der Waals surface area contributed by atoms with Crippen LogP contribution in [0, 0.1) is 0 Å². The highest BCUT2D eigenvalue weighted by atomic mass is 35.5. The summed E-state index contributed by atoms with van der Waals surface area (Å²) in [6, 6.07) is 0. The Morgan fingerprint density at radius 1 is 0.472 bits per heavy atom. The van der Waals surface area contributed by atoms with Gasteiger partial charge in [0.15, 0.2) is 0 Å². The van der Waals surface area contributed by atoms with Gasteiger partial charge in [0.2, 0.25) is 0 Å². The molecule has 0 aliphatic rings. The highest BCUT2D eigenvalue weighted by molar-refractivity contribution is 7.33. The molecule has 0 aromatic carbocycles. The summed E-state index contributed by atoms with van der Waals surface area (Å²) in [6.07, 6.45) is 0. The van der Waals surface area contributed by atoms with Gasteiger partial charge in [-0.25, -0.2) is 28.1 Å². The van der Waals surface area contributed by atoms with Crippen LogP contribution in [0.4, 0.5) is 0 Å². The topological polar surface area (TPSA) is 173 Å². The lowest BCUT2D eigenvalue weighted by Crippen LogP contribution is -2.55. The predicted molar refractivity (Wildman–Crippen MR) is 130 cm³/mol. The molecule has 0 amide bonds. The average molecular weight is 638 g/mol. The van der Waals surface area contributed by atoms with Crippen LogP contribution in [0.3, 0.4) is 0 Å². The normalized spacial score (nSPS) is 12.6. The first-order valence-electron chi connectivity index (χ1n) is 10.1. The van der Waals surface area contributed by atoms with Gasteiger partial charge in [-0.2, -0.15) is 0 Å². The Hall–Kier alpha value is -0.660. The van der Waals surface area contributed by atoms with Crippen molar-refractivity contribution in [3.05, 3.63) is 31.5 Å². The van der Waals surface area contributed by atoms with E-state index in [9.17, 15) is 28.1 Å². The number of aromatic nitrogens is 3. The zero-order valence-corrected chi connectivity index (χ0v) is 23.7. The summed E-state index contributed by atoms with van der Waals surface area (Å²) in [5, 5.41) is 0. The van der Waals surface area contributed by atoms with Crippen LogP contribution in [0.1, 0.15) is 0 Å². The lowest BCUT2D eigenvalue weighted by molar-refractivity contribution is 0.211. The molecular formula is C15H24Cl3N3O12P3+3. The van der Waals surface area contributed by atoms with Crippen molar-refractivity contribution in [2.45, 2.75) is 19.6 Å². The summed E-state index contributed by atoms with van der Waals surface area (Å²) in [4.78, 5) is 38.4. The molecule has 204 valence electrons. The largest absolute Gasteiger partial charge is 0.697 e. The van der Waals surface area contributed by atoms with E-state index in [2.05, 4.69) is 0 Å². The second-order valence-corrected chi connectivity index (χ2v) is 10.1. The van der Waals surface area contributed by atoms with E-state index in [0.717, 1.165) is 0 Å². The third-order valence-corrected chi connectivity index (χ3v) is 6.57. The van der Waals surface area contributed by atoms with Crippen molar-refractivity contribution in [1.29, 1.82) is 0 Å². The van der Waals surface area contributed by atoms with Gasteiger partial charge in [0.05, 0.1) is 37.3 Å². The molecule has 0 saturated heterocycles. The number of alkyl halides is 3. The highest BCUT2D eigenvalue weighted by Crippen LogP contribution is 2.24. The molecule has 0 fully saturated rings. The SMILES string of the molecule is O=c1n(CCO[P+](=O)OCCCl)c(=O)n(CCO[P+](=O)OCCCl)c(=O)n1CCO[P+](=O)OCCCl. The first-order valence-corrected chi connectivity index (χ1v) is 15.0. The quantitative estimate of drug-likeness (QED) is 0.142. The third-order valence-electron chi connectivity index (χ3n) is 3.74. The highest BCUT2D eigenvalue weighted by Gasteiger charge is 2.24. The van der Waals surface area contributed by atoms with Crippen LogP contribution >= 0.6 is 59.6 Å². The van der Waals surface area contributed by atoms with Crippen molar-refractivity contribution in [2.24, 2.45) is 0 Å².